The second-order valence-corrected chi connectivity index (χ2v) is 5.02. The summed E-state index contributed by atoms with van der Waals surface area (Å²) in [6.45, 7) is 9.08. The maximum Gasteiger partial charge on any atom is 0.317 e. The highest BCUT2D eigenvalue weighted by Crippen LogP contribution is 2.23. The summed E-state index contributed by atoms with van der Waals surface area (Å²) in [6.07, 6.45) is 4.83. The van der Waals surface area contributed by atoms with Crippen molar-refractivity contribution in [3.63, 3.8) is 0 Å². The SMILES string of the molecule is CC.C[C@@H]1CCC[C@@H](NC(=O)N2CCOCC2)C1. The molecule has 0 aromatic carbocycles. The predicted octanol–water partition coefficient (Wildman–Crippen LogP) is 2.63. The molecular weight excluding hydrogens is 228 g/mol. The van der Waals surface area contributed by atoms with Gasteiger partial charge in [-0.05, 0) is 18.8 Å². The van der Waals surface area contributed by atoms with Crippen LogP contribution in [0.15, 0.2) is 0 Å². The van der Waals surface area contributed by atoms with E-state index in [1.54, 1.807) is 0 Å². The highest BCUT2D eigenvalue weighted by Gasteiger charge is 2.23. The highest BCUT2D eigenvalue weighted by atomic mass is 16.5. The first-order chi connectivity index (χ1) is 8.75. The van der Waals surface area contributed by atoms with Crippen LogP contribution < -0.4 is 5.32 Å². The molecule has 18 heavy (non-hydrogen) atoms. The molecule has 1 saturated carbocycles. The Morgan fingerprint density at radius 1 is 1.22 bits per heavy atom. The number of hydrogen-bond donors (Lipinski definition) is 1. The van der Waals surface area contributed by atoms with Crippen molar-refractivity contribution in [3.8, 4) is 0 Å². The number of ether oxygens (including phenoxy) is 1. The zero-order valence-corrected chi connectivity index (χ0v) is 12.1. The molecule has 2 amide bonds. The van der Waals surface area contributed by atoms with E-state index >= 15 is 0 Å². The minimum absolute atomic E-state index is 0.0994. The molecule has 0 radical (unpaired) electrons. The number of nitrogens with zero attached hydrogens (tertiary/aromatic N) is 1. The van der Waals surface area contributed by atoms with Crippen LogP contribution in [0.5, 0.6) is 0 Å². The van der Waals surface area contributed by atoms with Gasteiger partial charge in [-0.15, -0.1) is 0 Å². The Kier molecular flexibility index (Phi) is 7.09. The summed E-state index contributed by atoms with van der Waals surface area (Å²) in [4.78, 5) is 13.8. The van der Waals surface area contributed by atoms with E-state index in [2.05, 4.69) is 12.2 Å². The van der Waals surface area contributed by atoms with Gasteiger partial charge in [-0.1, -0.05) is 33.6 Å². The number of amides is 2. The van der Waals surface area contributed by atoms with Gasteiger partial charge in [0.05, 0.1) is 13.2 Å². The van der Waals surface area contributed by atoms with E-state index in [4.69, 9.17) is 4.74 Å². The minimum Gasteiger partial charge on any atom is -0.378 e. The van der Waals surface area contributed by atoms with Crippen LogP contribution in [0.2, 0.25) is 0 Å². The molecule has 2 atom stereocenters. The van der Waals surface area contributed by atoms with Crippen LogP contribution in [-0.2, 0) is 4.74 Å². The number of carbonyl (C=O) groups excluding carboxylic acids is 1. The summed E-state index contributed by atoms with van der Waals surface area (Å²) < 4.78 is 5.24. The van der Waals surface area contributed by atoms with Gasteiger partial charge in [0.2, 0.25) is 0 Å². The van der Waals surface area contributed by atoms with Crippen LogP contribution in [0, 0.1) is 5.92 Å². The van der Waals surface area contributed by atoms with Crippen molar-refractivity contribution in [1.29, 1.82) is 0 Å². The molecular formula is C14H28N2O2. The largest absolute Gasteiger partial charge is 0.378 e. The van der Waals surface area contributed by atoms with Crippen LogP contribution in [0.3, 0.4) is 0 Å². The Morgan fingerprint density at radius 3 is 2.50 bits per heavy atom. The molecule has 1 saturated heterocycles. The Hall–Kier alpha value is -0.770. The van der Waals surface area contributed by atoms with Crippen molar-refractivity contribution in [1.82, 2.24) is 10.2 Å². The summed E-state index contributed by atoms with van der Waals surface area (Å²) in [5.41, 5.74) is 0. The fourth-order valence-electron chi connectivity index (χ4n) is 2.60. The van der Waals surface area contributed by atoms with Crippen molar-refractivity contribution in [2.24, 2.45) is 5.92 Å². The minimum atomic E-state index is 0.0994. The fourth-order valence-corrected chi connectivity index (χ4v) is 2.60. The molecule has 1 aliphatic heterocycles. The maximum absolute atomic E-state index is 11.9. The van der Waals surface area contributed by atoms with Crippen molar-refractivity contribution >= 4 is 6.03 Å². The van der Waals surface area contributed by atoms with Gasteiger partial charge in [0, 0.05) is 19.1 Å². The number of rotatable bonds is 1. The lowest BCUT2D eigenvalue weighted by molar-refractivity contribution is 0.0519. The Bertz CT molecular complexity index is 240. The summed E-state index contributed by atoms with van der Waals surface area (Å²) >= 11 is 0. The summed E-state index contributed by atoms with van der Waals surface area (Å²) in [5.74, 6) is 0.753. The highest BCUT2D eigenvalue weighted by molar-refractivity contribution is 5.74. The molecule has 1 N–H and O–H groups in total. The second kappa shape index (κ2) is 8.35. The standard InChI is InChI=1S/C12H22N2O2.C2H6/c1-10-3-2-4-11(9-10)13-12(15)14-5-7-16-8-6-14;1-2/h10-11H,2-9H2,1H3,(H,13,15);1-2H3/t10-,11-;/m1./s1. The van der Waals surface area contributed by atoms with Crippen molar-refractivity contribution < 1.29 is 9.53 Å². The smallest absolute Gasteiger partial charge is 0.317 e. The first kappa shape index (κ1) is 15.3. The average Bonchev–Trinajstić information content (AvgIpc) is 2.42. The lowest BCUT2D eigenvalue weighted by atomic mass is 9.87. The van der Waals surface area contributed by atoms with Gasteiger partial charge in [0.25, 0.3) is 0 Å². The molecule has 4 nitrogen and oxygen atoms in total. The third kappa shape index (κ3) is 4.84. The van der Waals surface area contributed by atoms with Gasteiger partial charge in [0.1, 0.15) is 0 Å². The first-order valence-corrected chi connectivity index (χ1v) is 7.39. The quantitative estimate of drug-likeness (QED) is 0.783. The second-order valence-electron chi connectivity index (χ2n) is 5.02. The molecule has 0 spiro atoms. The Balaban J connectivity index is 0.000000771. The van der Waals surface area contributed by atoms with Crippen LogP contribution in [0.4, 0.5) is 4.79 Å². The van der Waals surface area contributed by atoms with Gasteiger partial charge in [-0.3, -0.25) is 0 Å². The average molecular weight is 256 g/mol. The number of carbonyl (C=O) groups is 1. The summed E-state index contributed by atoms with van der Waals surface area (Å²) in [7, 11) is 0. The summed E-state index contributed by atoms with van der Waals surface area (Å²) in [6, 6.07) is 0.487. The molecule has 0 aromatic heterocycles. The number of urea groups is 1. The zero-order chi connectivity index (χ0) is 13.4. The van der Waals surface area contributed by atoms with Gasteiger partial charge < -0.3 is 15.0 Å². The van der Waals surface area contributed by atoms with E-state index in [0.29, 0.717) is 19.3 Å². The van der Waals surface area contributed by atoms with Crippen molar-refractivity contribution in [2.45, 2.75) is 52.5 Å². The molecule has 1 heterocycles. The van der Waals surface area contributed by atoms with E-state index in [1.165, 1.54) is 12.8 Å². The van der Waals surface area contributed by atoms with E-state index in [1.807, 2.05) is 18.7 Å². The maximum atomic E-state index is 11.9. The van der Waals surface area contributed by atoms with E-state index in [9.17, 15) is 4.79 Å². The lowest BCUT2D eigenvalue weighted by Crippen LogP contribution is -2.50. The van der Waals surface area contributed by atoms with Gasteiger partial charge in [0.15, 0.2) is 0 Å². The molecule has 0 aromatic rings. The van der Waals surface area contributed by atoms with Gasteiger partial charge in [-0.2, -0.15) is 0 Å². The fraction of sp³-hybridized carbons (Fsp3) is 0.929. The van der Waals surface area contributed by atoms with Crippen LogP contribution in [0.1, 0.15) is 46.5 Å². The van der Waals surface area contributed by atoms with Crippen LogP contribution in [0.25, 0.3) is 0 Å². The summed E-state index contributed by atoms with van der Waals surface area (Å²) in [5, 5.41) is 3.15. The third-order valence-electron chi connectivity index (χ3n) is 3.56. The lowest BCUT2D eigenvalue weighted by Gasteiger charge is -2.32. The topological polar surface area (TPSA) is 41.6 Å². The van der Waals surface area contributed by atoms with Gasteiger partial charge in [-0.25, -0.2) is 4.79 Å². The van der Waals surface area contributed by atoms with E-state index in [0.717, 1.165) is 31.8 Å². The molecule has 0 unspecified atom stereocenters. The molecule has 2 rings (SSSR count). The van der Waals surface area contributed by atoms with Crippen molar-refractivity contribution in [2.75, 3.05) is 26.3 Å². The molecule has 2 aliphatic rings. The first-order valence-electron chi connectivity index (χ1n) is 7.39. The number of hydrogen-bond acceptors (Lipinski definition) is 2. The van der Waals surface area contributed by atoms with Crippen molar-refractivity contribution in [3.05, 3.63) is 0 Å². The number of morpholine rings is 1. The molecule has 4 heteroatoms. The van der Waals surface area contributed by atoms with E-state index < -0.39 is 0 Å². The molecule has 0 bridgehead atoms. The normalized spacial score (nSPS) is 28.1. The zero-order valence-electron chi connectivity index (χ0n) is 12.1. The van der Waals surface area contributed by atoms with Crippen LogP contribution >= 0.6 is 0 Å². The third-order valence-corrected chi connectivity index (χ3v) is 3.56. The monoisotopic (exact) mass is 256 g/mol. The Labute approximate surface area is 111 Å². The predicted molar refractivity (Wildman–Crippen MR) is 73.7 cm³/mol. The molecule has 1 aliphatic carbocycles. The Morgan fingerprint density at radius 2 is 1.89 bits per heavy atom. The molecule has 106 valence electrons. The number of nitrogens with one attached hydrogen (secondary N) is 1. The van der Waals surface area contributed by atoms with Crippen LogP contribution in [-0.4, -0.2) is 43.3 Å². The molecule has 2 fully saturated rings. The van der Waals surface area contributed by atoms with E-state index in [-0.39, 0.29) is 6.03 Å². The van der Waals surface area contributed by atoms with Gasteiger partial charge >= 0.3 is 6.03 Å².